The number of benzene rings is 2. The molecule has 0 bridgehead atoms. The molecule has 28 heavy (non-hydrogen) atoms. The molecule has 0 saturated heterocycles. The standard InChI is InChI=1S/C22H20ClN3O2/c1-13-18-11-16(23)9-10-20(18)28-21(13)22(27)24-12-19-14(2)25-26(15(19)3)17-7-5-4-6-8-17/h4-11H,12H2,1-3H3,(H,24,27). The number of aryl methyl sites for hydroxylation is 2. The molecule has 6 heteroatoms. The highest BCUT2D eigenvalue weighted by Crippen LogP contribution is 2.28. The van der Waals surface area contributed by atoms with Gasteiger partial charge >= 0.3 is 0 Å². The summed E-state index contributed by atoms with van der Waals surface area (Å²) in [5, 5.41) is 9.04. The van der Waals surface area contributed by atoms with Gasteiger partial charge in [0.25, 0.3) is 5.91 Å². The van der Waals surface area contributed by atoms with Crippen molar-refractivity contribution in [3.8, 4) is 5.69 Å². The third-order valence-electron chi connectivity index (χ3n) is 4.97. The summed E-state index contributed by atoms with van der Waals surface area (Å²) in [4.78, 5) is 12.7. The minimum atomic E-state index is -0.254. The highest BCUT2D eigenvalue weighted by atomic mass is 35.5. The maximum Gasteiger partial charge on any atom is 0.287 e. The maximum absolute atomic E-state index is 12.7. The molecule has 0 spiro atoms. The number of halogens is 1. The second-order valence-corrected chi connectivity index (χ2v) is 7.21. The van der Waals surface area contributed by atoms with Crippen LogP contribution >= 0.6 is 11.6 Å². The highest BCUT2D eigenvalue weighted by Gasteiger charge is 2.19. The number of fused-ring (bicyclic) bond motifs is 1. The molecule has 2 aromatic heterocycles. The zero-order valence-electron chi connectivity index (χ0n) is 15.9. The first-order valence-corrected chi connectivity index (χ1v) is 9.41. The van der Waals surface area contributed by atoms with Gasteiger partial charge in [0.15, 0.2) is 5.76 Å². The van der Waals surface area contributed by atoms with E-state index >= 15 is 0 Å². The van der Waals surface area contributed by atoms with Crippen LogP contribution in [0.2, 0.25) is 5.02 Å². The molecule has 0 unspecified atom stereocenters. The summed E-state index contributed by atoms with van der Waals surface area (Å²) in [6, 6.07) is 15.3. The number of aromatic nitrogens is 2. The molecule has 0 fully saturated rings. The van der Waals surface area contributed by atoms with E-state index in [-0.39, 0.29) is 5.91 Å². The van der Waals surface area contributed by atoms with Crippen LogP contribution in [-0.4, -0.2) is 15.7 Å². The summed E-state index contributed by atoms with van der Waals surface area (Å²) < 4.78 is 7.64. The van der Waals surface area contributed by atoms with E-state index in [0.717, 1.165) is 33.6 Å². The summed E-state index contributed by atoms with van der Waals surface area (Å²) in [6.45, 7) is 6.19. The molecule has 0 aliphatic rings. The smallest absolute Gasteiger partial charge is 0.287 e. The van der Waals surface area contributed by atoms with Crippen LogP contribution in [0.15, 0.2) is 52.9 Å². The molecule has 1 N–H and O–H groups in total. The van der Waals surface area contributed by atoms with Gasteiger partial charge in [0.2, 0.25) is 0 Å². The first kappa shape index (κ1) is 18.3. The van der Waals surface area contributed by atoms with Crippen LogP contribution in [0.5, 0.6) is 0 Å². The minimum absolute atomic E-state index is 0.254. The molecule has 4 rings (SSSR count). The Hall–Kier alpha value is -3.05. The Bertz CT molecular complexity index is 1180. The van der Waals surface area contributed by atoms with Crippen molar-refractivity contribution in [2.75, 3.05) is 0 Å². The molecule has 0 aliphatic carbocycles. The summed E-state index contributed by atoms with van der Waals surface area (Å²) in [5.74, 6) is 0.0547. The second-order valence-electron chi connectivity index (χ2n) is 6.78. The number of rotatable bonds is 4. The fourth-order valence-electron chi connectivity index (χ4n) is 3.41. The van der Waals surface area contributed by atoms with Crippen LogP contribution in [0.1, 0.15) is 33.1 Å². The molecule has 1 amide bonds. The third kappa shape index (κ3) is 3.18. The molecule has 0 atom stereocenters. The lowest BCUT2D eigenvalue weighted by molar-refractivity contribution is 0.0924. The number of carbonyl (C=O) groups is 1. The van der Waals surface area contributed by atoms with Crippen molar-refractivity contribution in [2.45, 2.75) is 27.3 Å². The van der Waals surface area contributed by atoms with Gasteiger partial charge in [0, 0.05) is 33.8 Å². The van der Waals surface area contributed by atoms with Crippen molar-refractivity contribution < 1.29 is 9.21 Å². The van der Waals surface area contributed by atoms with Crippen molar-refractivity contribution in [3.63, 3.8) is 0 Å². The van der Waals surface area contributed by atoms with Gasteiger partial charge in [0.1, 0.15) is 5.58 Å². The van der Waals surface area contributed by atoms with Gasteiger partial charge in [-0.05, 0) is 51.1 Å². The lowest BCUT2D eigenvalue weighted by atomic mass is 10.1. The molecule has 0 radical (unpaired) electrons. The average molecular weight is 394 g/mol. The molecule has 0 saturated carbocycles. The van der Waals surface area contributed by atoms with Gasteiger partial charge < -0.3 is 9.73 Å². The second kappa shape index (κ2) is 7.17. The van der Waals surface area contributed by atoms with Gasteiger partial charge in [-0.1, -0.05) is 29.8 Å². The molecule has 5 nitrogen and oxygen atoms in total. The van der Waals surface area contributed by atoms with E-state index in [9.17, 15) is 4.79 Å². The monoisotopic (exact) mass is 393 g/mol. The summed E-state index contributed by atoms with van der Waals surface area (Å²) in [6.07, 6.45) is 0. The number of hydrogen-bond donors (Lipinski definition) is 1. The van der Waals surface area contributed by atoms with E-state index < -0.39 is 0 Å². The molecule has 2 aromatic carbocycles. The first-order valence-electron chi connectivity index (χ1n) is 9.03. The average Bonchev–Trinajstić information content (AvgIpc) is 3.17. The Labute approximate surface area is 167 Å². The predicted molar refractivity (Wildman–Crippen MR) is 110 cm³/mol. The van der Waals surface area contributed by atoms with Crippen LogP contribution < -0.4 is 5.32 Å². The molecular formula is C22H20ClN3O2. The van der Waals surface area contributed by atoms with Gasteiger partial charge in [-0.2, -0.15) is 5.10 Å². The van der Waals surface area contributed by atoms with E-state index in [4.69, 9.17) is 16.0 Å². The number of furan rings is 1. The Morgan fingerprint density at radius 1 is 1.14 bits per heavy atom. The Morgan fingerprint density at radius 3 is 2.64 bits per heavy atom. The van der Waals surface area contributed by atoms with E-state index in [1.807, 2.05) is 61.9 Å². The minimum Gasteiger partial charge on any atom is -0.451 e. The van der Waals surface area contributed by atoms with Crippen molar-refractivity contribution in [2.24, 2.45) is 0 Å². The van der Waals surface area contributed by atoms with Crippen molar-refractivity contribution in [3.05, 3.63) is 81.8 Å². The molecule has 0 aliphatic heterocycles. The number of nitrogens with one attached hydrogen (secondary N) is 1. The zero-order valence-corrected chi connectivity index (χ0v) is 16.7. The van der Waals surface area contributed by atoms with Crippen LogP contribution in [0.3, 0.4) is 0 Å². The van der Waals surface area contributed by atoms with Crippen molar-refractivity contribution >= 4 is 28.5 Å². The highest BCUT2D eigenvalue weighted by molar-refractivity contribution is 6.31. The normalized spacial score (nSPS) is 11.1. The van der Waals surface area contributed by atoms with Crippen LogP contribution in [0.4, 0.5) is 0 Å². The zero-order chi connectivity index (χ0) is 19.8. The molecule has 4 aromatic rings. The fourth-order valence-corrected chi connectivity index (χ4v) is 3.58. The van der Waals surface area contributed by atoms with Crippen LogP contribution in [0.25, 0.3) is 16.7 Å². The van der Waals surface area contributed by atoms with E-state index in [1.165, 1.54) is 0 Å². The summed E-state index contributed by atoms with van der Waals surface area (Å²) in [5.41, 5.74) is 5.30. The largest absolute Gasteiger partial charge is 0.451 e. The lowest BCUT2D eigenvalue weighted by Gasteiger charge is -2.06. The predicted octanol–water partition coefficient (Wildman–Crippen LogP) is 5.13. The molecule has 142 valence electrons. The van der Waals surface area contributed by atoms with Gasteiger partial charge in [-0.15, -0.1) is 0 Å². The topological polar surface area (TPSA) is 60.1 Å². The molecular weight excluding hydrogens is 374 g/mol. The van der Waals surface area contributed by atoms with Gasteiger partial charge in [-0.25, -0.2) is 4.68 Å². The Morgan fingerprint density at radius 2 is 1.89 bits per heavy atom. The third-order valence-corrected chi connectivity index (χ3v) is 5.21. The van der Waals surface area contributed by atoms with Gasteiger partial charge in [-0.3, -0.25) is 4.79 Å². The molecule has 2 heterocycles. The number of carbonyl (C=O) groups excluding carboxylic acids is 1. The van der Waals surface area contributed by atoms with Crippen LogP contribution in [-0.2, 0) is 6.54 Å². The fraction of sp³-hybridized carbons (Fsp3) is 0.182. The van der Waals surface area contributed by atoms with Crippen LogP contribution in [0, 0.1) is 20.8 Å². The van der Waals surface area contributed by atoms with Gasteiger partial charge in [0.05, 0.1) is 11.4 Å². The number of nitrogens with zero attached hydrogens (tertiary/aromatic N) is 2. The first-order chi connectivity index (χ1) is 13.5. The number of amides is 1. The van der Waals surface area contributed by atoms with E-state index in [2.05, 4.69) is 10.4 Å². The van der Waals surface area contributed by atoms with E-state index in [1.54, 1.807) is 12.1 Å². The Kier molecular flexibility index (Phi) is 4.69. The summed E-state index contributed by atoms with van der Waals surface area (Å²) in [7, 11) is 0. The van der Waals surface area contributed by atoms with Crippen molar-refractivity contribution in [1.29, 1.82) is 0 Å². The van der Waals surface area contributed by atoms with E-state index in [0.29, 0.717) is 22.9 Å². The Balaban J connectivity index is 1.58. The maximum atomic E-state index is 12.7. The quantitative estimate of drug-likeness (QED) is 0.523. The number of hydrogen-bond acceptors (Lipinski definition) is 3. The van der Waals surface area contributed by atoms with Crippen molar-refractivity contribution in [1.82, 2.24) is 15.1 Å². The number of para-hydroxylation sites is 1. The summed E-state index contributed by atoms with van der Waals surface area (Å²) >= 11 is 6.06. The lowest BCUT2D eigenvalue weighted by Crippen LogP contribution is -2.23. The SMILES string of the molecule is Cc1nn(-c2ccccc2)c(C)c1CNC(=O)c1oc2ccc(Cl)cc2c1C.